The molecule has 0 saturated carbocycles. The molecule has 0 fully saturated rings. The van der Waals surface area contributed by atoms with E-state index in [9.17, 15) is 9.18 Å². The summed E-state index contributed by atoms with van der Waals surface area (Å²) in [5.41, 5.74) is 4.05. The molecule has 0 saturated heterocycles. The lowest BCUT2D eigenvalue weighted by Gasteiger charge is -2.08. The van der Waals surface area contributed by atoms with Gasteiger partial charge >= 0.3 is 0 Å². The minimum absolute atomic E-state index is 0.0619. The van der Waals surface area contributed by atoms with Crippen LogP contribution < -0.4 is 10.6 Å². The van der Waals surface area contributed by atoms with Crippen molar-refractivity contribution >= 4 is 17.5 Å². The van der Waals surface area contributed by atoms with Crippen LogP contribution in [0.4, 0.5) is 4.39 Å². The number of nitrogens with zero attached hydrogens (tertiary/aromatic N) is 2. The van der Waals surface area contributed by atoms with Crippen LogP contribution >= 0.6 is 11.6 Å². The summed E-state index contributed by atoms with van der Waals surface area (Å²) in [6.07, 6.45) is 0.901. The van der Waals surface area contributed by atoms with Crippen LogP contribution in [0.5, 0.6) is 0 Å². The smallest absolute Gasteiger partial charge is 0.251 e. The predicted molar refractivity (Wildman–Crippen MR) is 113 cm³/mol. The monoisotopic (exact) mass is 414 g/mol. The number of aryl methyl sites for hydroxylation is 1. The lowest BCUT2D eigenvalue weighted by atomic mass is 10.1. The van der Waals surface area contributed by atoms with E-state index in [-0.39, 0.29) is 11.7 Å². The highest BCUT2D eigenvalue weighted by atomic mass is 35.5. The summed E-state index contributed by atoms with van der Waals surface area (Å²) in [5.74, 6) is -0.366. The van der Waals surface area contributed by atoms with Crippen LogP contribution in [0.15, 0.2) is 48.5 Å². The Bertz CT molecular complexity index is 985. The second-order valence-electron chi connectivity index (χ2n) is 6.80. The van der Waals surface area contributed by atoms with Crippen LogP contribution in [-0.4, -0.2) is 22.2 Å². The van der Waals surface area contributed by atoms with E-state index in [0.717, 1.165) is 23.2 Å². The normalized spacial score (nSPS) is 10.9. The van der Waals surface area contributed by atoms with Gasteiger partial charge in [-0.2, -0.15) is 5.10 Å². The Morgan fingerprint density at radius 3 is 2.66 bits per heavy atom. The van der Waals surface area contributed by atoms with Gasteiger partial charge in [0.2, 0.25) is 0 Å². The van der Waals surface area contributed by atoms with Crippen LogP contribution in [0.25, 0.3) is 5.69 Å². The fraction of sp³-hybridized carbons (Fsp3) is 0.273. The summed E-state index contributed by atoms with van der Waals surface area (Å²) >= 11 is 6.51. The van der Waals surface area contributed by atoms with Crippen LogP contribution in [0.1, 0.15) is 40.5 Å². The summed E-state index contributed by atoms with van der Waals surface area (Å²) in [6.45, 7) is 5.69. The minimum Gasteiger partial charge on any atom is -0.352 e. The molecule has 0 atom stereocenters. The predicted octanol–water partition coefficient (Wildman–Crippen LogP) is 4.40. The molecule has 29 heavy (non-hydrogen) atoms. The van der Waals surface area contributed by atoms with E-state index < -0.39 is 0 Å². The quantitative estimate of drug-likeness (QED) is 0.574. The van der Waals surface area contributed by atoms with E-state index in [1.165, 1.54) is 12.1 Å². The maximum absolute atomic E-state index is 13.2. The first-order chi connectivity index (χ1) is 14.0. The Kier molecular flexibility index (Phi) is 7.01. The zero-order valence-corrected chi connectivity index (χ0v) is 17.3. The summed E-state index contributed by atoms with van der Waals surface area (Å²) in [6, 6.07) is 13.6. The van der Waals surface area contributed by atoms with Gasteiger partial charge in [0.25, 0.3) is 5.91 Å². The van der Waals surface area contributed by atoms with Crippen LogP contribution in [0.3, 0.4) is 0 Å². The molecule has 2 aromatic carbocycles. The molecule has 0 spiro atoms. The van der Waals surface area contributed by atoms with Gasteiger partial charge in [-0.15, -0.1) is 0 Å². The first-order valence-corrected chi connectivity index (χ1v) is 9.95. The Morgan fingerprint density at radius 1 is 1.17 bits per heavy atom. The first-order valence-electron chi connectivity index (χ1n) is 9.57. The topological polar surface area (TPSA) is 59.0 Å². The third kappa shape index (κ3) is 5.22. The average Bonchev–Trinajstić information content (AvgIpc) is 3.01. The van der Waals surface area contributed by atoms with Crippen molar-refractivity contribution in [3.8, 4) is 5.69 Å². The molecule has 0 unspecified atom stereocenters. The Labute approximate surface area is 174 Å². The van der Waals surface area contributed by atoms with Gasteiger partial charge in [-0.25, -0.2) is 9.07 Å². The number of halogens is 2. The fourth-order valence-electron chi connectivity index (χ4n) is 2.98. The van der Waals surface area contributed by atoms with Gasteiger partial charge in [-0.1, -0.05) is 30.7 Å². The number of rotatable bonds is 8. The van der Waals surface area contributed by atoms with E-state index in [2.05, 4.69) is 15.7 Å². The van der Waals surface area contributed by atoms with Crippen LogP contribution in [0, 0.1) is 12.7 Å². The van der Waals surface area contributed by atoms with Gasteiger partial charge < -0.3 is 10.6 Å². The number of carbonyl (C=O) groups excluding carboxylic acids is 1. The lowest BCUT2D eigenvalue weighted by Crippen LogP contribution is -2.24. The van der Waals surface area contributed by atoms with E-state index >= 15 is 0 Å². The van der Waals surface area contributed by atoms with Crippen molar-refractivity contribution in [2.75, 3.05) is 6.54 Å². The molecule has 1 amide bonds. The van der Waals surface area contributed by atoms with Crippen molar-refractivity contribution in [2.24, 2.45) is 0 Å². The third-order valence-electron chi connectivity index (χ3n) is 4.55. The summed E-state index contributed by atoms with van der Waals surface area (Å²) in [5, 5.41) is 11.2. The molecular formula is C22H24ClFN4O. The lowest BCUT2D eigenvalue weighted by molar-refractivity contribution is 0.0953. The van der Waals surface area contributed by atoms with Crippen molar-refractivity contribution in [1.82, 2.24) is 20.4 Å². The standard InChI is InChI=1S/C22H24ClFN4O/c1-3-11-26-22(29)17-6-4-5-16(12-17)13-25-14-20-15(2)27-28(21(20)23)19-9-7-18(24)8-10-19/h4-10,12,25H,3,11,13-14H2,1-2H3,(H,26,29). The highest BCUT2D eigenvalue weighted by Gasteiger charge is 2.14. The molecular weight excluding hydrogens is 391 g/mol. The molecule has 0 radical (unpaired) electrons. The van der Waals surface area contributed by atoms with Gasteiger partial charge in [0.05, 0.1) is 11.4 Å². The summed E-state index contributed by atoms with van der Waals surface area (Å²) in [7, 11) is 0. The molecule has 0 aliphatic carbocycles. The van der Waals surface area contributed by atoms with Gasteiger partial charge in [0.1, 0.15) is 11.0 Å². The van der Waals surface area contributed by atoms with Crippen molar-refractivity contribution in [3.05, 3.63) is 81.9 Å². The molecule has 1 heterocycles. The first kappa shape index (κ1) is 21.0. The summed E-state index contributed by atoms with van der Waals surface area (Å²) in [4.78, 5) is 12.1. The number of carbonyl (C=O) groups is 1. The molecule has 7 heteroatoms. The minimum atomic E-state index is -0.304. The molecule has 0 aliphatic rings. The fourth-order valence-corrected chi connectivity index (χ4v) is 3.32. The van der Waals surface area contributed by atoms with Crippen molar-refractivity contribution < 1.29 is 9.18 Å². The zero-order chi connectivity index (χ0) is 20.8. The van der Waals surface area contributed by atoms with Crippen molar-refractivity contribution in [3.63, 3.8) is 0 Å². The zero-order valence-electron chi connectivity index (χ0n) is 16.5. The third-order valence-corrected chi connectivity index (χ3v) is 4.94. The van der Waals surface area contributed by atoms with Gasteiger partial charge in [0, 0.05) is 30.8 Å². The number of hydrogen-bond acceptors (Lipinski definition) is 3. The molecule has 1 aromatic heterocycles. The van der Waals surface area contributed by atoms with E-state index in [0.29, 0.717) is 36.0 Å². The van der Waals surface area contributed by atoms with E-state index in [1.54, 1.807) is 16.8 Å². The van der Waals surface area contributed by atoms with Crippen molar-refractivity contribution in [2.45, 2.75) is 33.4 Å². The van der Waals surface area contributed by atoms with Gasteiger partial charge in [-0.3, -0.25) is 4.79 Å². The highest BCUT2D eigenvalue weighted by Crippen LogP contribution is 2.23. The molecule has 152 valence electrons. The molecule has 2 N–H and O–H groups in total. The molecule has 3 aromatic rings. The maximum Gasteiger partial charge on any atom is 0.251 e. The largest absolute Gasteiger partial charge is 0.352 e. The second-order valence-corrected chi connectivity index (χ2v) is 7.16. The number of benzene rings is 2. The van der Waals surface area contributed by atoms with E-state index in [4.69, 9.17) is 11.6 Å². The number of amides is 1. The average molecular weight is 415 g/mol. The molecule has 5 nitrogen and oxygen atoms in total. The number of hydrogen-bond donors (Lipinski definition) is 2. The maximum atomic E-state index is 13.2. The van der Waals surface area contributed by atoms with Crippen LogP contribution in [-0.2, 0) is 13.1 Å². The van der Waals surface area contributed by atoms with Gasteiger partial charge in [-0.05, 0) is 55.3 Å². The molecule has 0 aliphatic heterocycles. The number of nitrogens with one attached hydrogen (secondary N) is 2. The van der Waals surface area contributed by atoms with Gasteiger partial charge in [0.15, 0.2) is 0 Å². The Hall–Kier alpha value is -2.70. The van der Waals surface area contributed by atoms with Crippen LogP contribution in [0.2, 0.25) is 5.15 Å². The van der Waals surface area contributed by atoms with E-state index in [1.807, 2.05) is 38.1 Å². The molecule has 3 rings (SSSR count). The Morgan fingerprint density at radius 2 is 1.93 bits per heavy atom. The summed E-state index contributed by atoms with van der Waals surface area (Å²) < 4.78 is 14.8. The second kappa shape index (κ2) is 9.67. The number of aromatic nitrogens is 2. The highest BCUT2D eigenvalue weighted by molar-refractivity contribution is 6.30. The Balaban J connectivity index is 1.65. The SMILES string of the molecule is CCCNC(=O)c1cccc(CNCc2c(C)nn(-c3ccc(F)cc3)c2Cl)c1. The molecule has 0 bridgehead atoms. The van der Waals surface area contributed by atoms with Crippen molar-refractivity contribution in [1.29, 1.82) is 0 Å².